The van der Waals surface area contributed by atoms with Crippen molar-refractivity contribution in [1.29, 1.82) is 0 Å². The molecule has 3 aromatic carbocycles. The van der Waals surface area contributed by atoms with Gasteiger partial charge in [-0.05, 0) is 42.8 Å². The number of fused-ring (bicyclic) bond motifs is 1. The molecule has 1 aromatic heterocycles. The second kappa shape index (κ2) is 7.59. The minimum atomic E-state index is -0.421. The lowest BCUT2D eigenvalue weighted by molar-refractivity contribution is 0.102. The van der Waals surface area contributed by atoms with Gasteiger partial charge in [-0.1, -0.05) is 42.5 Å². The molecule has 0 saturated carbocycles. The standard InChI is InChI=1S/C23H19N3O3/c1-15-12-13-20(29-2)19(14-15)24-22(27)21-17-10-6-7-11-18(17)23(28)26(25-21)16-8-4-3-5-9-16/h3-14H,1-2H3,(H,24,27). The summed E-state index contributed by atoms with van der Waals surface area (Å²) in [5.74, 6) is 0.124. The van der Waals surface area contributed by atoms with Gasteiger partial charge in [-0.3, -0.25) is 9.59 Å². The quantitative estimate of drug-likeness (QED) is 0.577. The molecule has 6 heteroatoms. The Labute approximate surface area is 167 Å². The number of anilines is 1. The van der Waals surface area contributed by atoms with E-state index >= 15 is 0 Å². The van der Waals surface area contributed by atoms with Crippen LogP contribution in [0, 0.1) is 6.92 Å². The van der Waals surface area contributed by atoms with Gasteiger partial charge in [-0.15, -0.1) is 0 Å². The van der Waals surface area contributed by atoms with Crippen LogP contribution in [0.5, 0.6) is 5.75 Å². The van der Waals surface area contributed by atoms with E-state index in [1.807, 2.05) is 37.3 Å². The topological polar surface area (TPSA) is 73.2 Å². The summed E-state index contributed by atoms with van der Waals surface area (Å²) in [7, 11) is 1.55. The van der Waals surface area contributed by atoms with Crippen LogP contribution in [0.15, 0.2) is 77.6 Å². The first-order valence-corrected chi connectivity index (χ1v) is 9.12. The number of benzene rings is 3. The van der Waals surface area contributed by atoms with Crippen LogP contribution in [0.1, 0.15) is 16.1 Å². The van der Waals surface area contributed by atoms with Crippen molar-refractivity contribution in [3.63, 3.8) is 0 Å². The van der Waals surface area contributed by atoms with Crippen molar-refractivity contribution in [1.82, 2.24) is 9.78 Å². The predicted molar refractivity (Wildman–Crippen MR) is 113 cm³/mol. The highest BCUT2D eigenvalue weighted by Gasteiger charge is 2.18. The fraction of sp³-hybridized carbons (Fsp3) is 0.0870. The maximum absolute atomic E-state index is 13.2. The van der Waals surface area contributed by atoms with E-state index in [2.05, 4.69) is 10.4 Å². The number of para-hydroxylation sites is 1. The summed E-state index contributed by atoms with van der Waals surface area (Å²) in [5.41, 5.74) is 1.99. The average Bonchev–Trinajstić information content (AvgIpc) is 2.75. The molecule has 0 radical (unpaired) electrons. The molecular weight excluding hydrogens is 366 g/mol. The maximum atomic E-state index is 13.2. The number of amides is 1. The highest BCUT2D eigenvalue weighted by atomic mass is 16.5. The maximum Gasteiger partial charge on any atom is 0.279 e. The average molecular weight is 385 g/mol. The van der Waals surface area contributed by atoms with E-state index in [9.17, 15) is 9.59 Å². The van der Waals surface area contributed by atoms with E-state index in [4.69, 9.17) is 4.74 Å². The summed E-state index contributed by atoms with van der Waals surface area (Å²) in [6, 6.07) is 21.5. The Morgan fingerprint density at radius 2 is 1.66 bits per heavy atom. The Bertz CT molecular complexity index is 1260. The third-order valence-electron chi connectivity index (χ3n) is 4.62. The molecule has 0 atom stereocenters. The van der Waals surface area contributed by atoms with E-state index in [1.165, 1.54) is 4.68 Å². The normalized spacial score (nSPS) is 10.7. The van der Waals surface area contributed by atoms with Gasteiger partial charge in [0, 0.05) is 5.39 Å². The van der Waals surface area contributed by atoms with Crippen molar-refractivity contribution in [2.24, 2.45) is 0 Å². The molecule has 0 aliphatic heterocycles. The van der Waals surface area contributed by atoms with Crippen molar-refractivity contribution in [2.45, 2.75) is 6.92 Å². The fourth-order valence-electron chi connectivity index (χ4n) is 3.20. The Kier molecular flexibility index (Phi) is 4.83. The van der Waals surface area contributed by atoms with Crippen molar-refractivity contribution in [3.8, 4) is 11.4 Å². The van der Waals surface area contributed by atoms with Crippen LogP contribution in [0.3, 0.4) is 0 Å². The molecule has 1 amide bonds. The van der Waals surface area contributed by atoms with Gasteiger partial charge in [0.15, 0.2) is 5.69 Å². The van der Waals surface area contributed by atoms with Crippen LogP contribution in [0.25, 0.3) is 16.5 Å². The number of nitrogens with zero attached hydrogens (tertiary/aromatic N) is 2. The number of carbonyl (C=O) groups excluding carboxylic acids is 1. The number of hydrogen-bond donors (Lipinski definition) is 1. The highest BCUT2D eigenvalue weighted by Crippen LogP contribution is 2.26. The number of ether oxygens (including phenoxy) is 1. The minimum absolute atomic E-state index is 0.160. The summed E-state index contributed by atoms with van der Waals surface area (Å²) in [4.78, 5) is 26.1. The van der Waals surface area contributed by atoms with Crippen LogP contribution in [-0.2, 0) is 0 Å². The number of hydrogen-bond acceptors (Lipinski definition) is 4. The van der Waals surface area contributed by atoms with Gasteiger partial charge in [0.2, 0.25) is 0 Å². The molecule has 4 aromatic rings. The van der Waals surface area contributed by atoms with E-state index in [-0.39, 0.29) is 11.3 Å². The van der Waals surface area contributed by atoms with Crippen LogP contribution >= 0.6 is 0 Å². The number of aromatic nitrogens is 2. The molecule has 1 N–H and O–H groups in total. The van der Waals surface area contributed by atoms with Gasteiger partial charge in [0.25, 0.3) is 11.5 Å². The molecule has 4 rings (SSSR count). The molecule has 0 spiro atoms. The second-order valence-corrected chi connectivity index (χ2v) is 6.60. The van der Waals surface area contributed by atoms with Crippen molar-refractivity contribution in [2.75, 3.05) is 12.4 Å². The van der Waals surface area contributed by atoms with E-state index < -0.39 is 5.91 Å². The van der Waals surface area contributed by atoms with Gasteiger partial charge in [0.1, 0.15) is 5.75 Å². The molecule has 1 heterocycles. The highest BCUT2D eigenvalue weighted by molar-refractivity contribution is 6.11. The first kappa shape index (κ1) is 18.4. The number of carbonyl (C=O) groups is 1. The van der Waals surface area contributed by atoms with E-state index in [0.717, 1.165) is 5.56 Å². The zero-order valence-electron chi connectivity index (χ0n) is 16.0. The summed E-state index contributed by atoms with van der Waals surface area (Å²) < 4.78 is 6.60. The molecule has 29 heavy (non-hydrogen) atoms. The fourth-order valence-corrected chi connectivity index (χ4v) is 3.20. The Balaban J connectivity index is 1.87. The van der Waals surface area contributed by atoms with Gasteiger partial charge in [-0.2, -0.15) is 9.78 Å². The van der Waals surface area contributed by atoms with Crippen LogP contribution in [0.4, 0.5) is 5.69 Å². The summed E-state index contributed by atoms with van der Waals surface area (Å²) in [6.45, 7) is 1.93. The van der Waals surface area contributed by atoms with Crippen LogP contribution < -0.4 is 15.6 Å². The lowest BCUT2D eigenvalue weighted by atomic mass is 10.1. The molecule has 144 valence electrons. The zero-order chi connectivity index (χ0) is 20.4. The molecule has 0 fully saturated rings. The summed E-state index contributed by atoms with van der Waals surface area (Å²) in [6.07, 6.45) is 0. The molecule has 0 aliphatic rings. The molecule has 0 unspecified atom stereocenters. The van der Waals surface area contributed by atoms with Crippen LogP contribution in [0.2, 0.25) is 0 Å². The molecule has 6 nitrogen and oxygen atoms in total. The van der Waals surface area contributed by atoms with Gasteiger partial charge in [-0.25, -0.2) is 0 Å². The summed E-state index contributed by atoms with van der Waals surface area (Å²) in [5, 5.41) is 8.18. The Morgan fingerprint density at radius 3 is 2.38 bits per heavy atom. The summed E-state index contributed by atoms with van der Waals surface area (Å²) >= 11 is 0. The van der Waals surface area contributed by atoms with Crippen molar-refractivity contribution >= 4 is 22.4 Å². The predicted octanol–water partition coefficient (Wildman–Crippen LogP) is 3.96. The first-order valence-electron chi connectivity index (χ1n) is 9.12. The molecular formula is C23H19N3O3. The largest absolute Gasteiger partial charge is 0.495 e. The number of rotatable bonds is 4. The monoisotopic (exact) mass is 385 g/mol. The zero-order valence-corrected chi connectivity index (χ0v) is 16.0. The third kappa shape index (κ3) is 3.48. The number of methoxy groups -OCH3 is 1. The third-order valence-corrected chi connectivity index (χ3v) is 4.62. The number of nitrogens with one attached hydrogen (secondary N) is 1. The minimum Gasteiger partial charge on any atom is -0.495 e. The molecule has 0 aliphatic carbocycles. The SMILES string of the molecule is COc1ccc(C)cc1NC(=O)c1nn(-c2ccccc2)c(=O)c2ccccc12. The lowest BCUT2D eigenvalue weighted by Gasteiger charge is -2.13. The Hall–Kier alpha value is -3.93. The van der Waals surface area contributed by atoms with Gasteiger partial charge < -0.3 is 10.1 Å². The molecule has 0 bridgehead atoms. The smallest absolute Gasteiger partial charge is 0.279 e. The van der Waals surface area contributed by atoms with E-state index in [1.54, 1.807) is 49.6 Å². The first-order chi connectivity index (χ1) is 14.1. The molecule has 0 saturated heterocycles. The van der Waals surface area contributed by atoms with Crippen molar-refractivity contribution < 1.29 is 9.53 Å². The van der Waals surface area contributed by atoms with Crippen molar-refractivity contribution in [3.05, 3.63) is 94.4 Å². The van der Waals surface area contributed by atoms with Gasteiger partial charge >= 0.3 is 0 Å². The number of aryl methyl sites for hydroxylation is 1. The van der Waals surface area contributed by atoms with Crippen LogP contribution in [-0.4, -0.2) is 22.8 Å². The second-order valence-electron chi connectivity index (χ2n) is 6.60. The van der Waals surface area contributed by atoms with E-state index in [0.29, 0.717) is 27.9 Å². The Morgan fingerprint density at radius 1 is 0.966 bits per heavy atom. The lowest BCUT2D eigenvalue weighted by Crippen LogP contribution is -2.26. The van der Waals surface area contributed by atoms with Gasteiger partial charge in [0.05, 0.1) is 23.9 Å².